The van der Waals surface area contributed by atoms with Gasteiger partial charge in [0.15, 0.2) is 0 Å². The molecule has 0 bridgehead atoms. The Hall–Kier alpha value is -0.900. The van der Waals surface area contributed by atoms with Crippen LogP contribution < -0.4 is 5.73 Å². The second-order valence-electron chi connectivity index (χ2n) is 6.59. The molecule has 2 fully saturated rings. The van der Waals surface area contributed by atoms with Crippen molar-refractivity contribution in [2.24, 2.45) is 5.73 Å². The maximum Gasteiger partial charge on any atom is 0.0223 e. The minimum Gasteiger partial charge on any atom is -0.329 e. The molecular weight excluding hydrogens is 258 g/mol. The molecule has 2 saturated heterocycles. The van der Waals surface area contributed by atoms with E-state index in [1.807, 2.05) is 0 Å². The van der Waals surface area contributed by atoms with E-state index in [1.165, 1.54) is 57.4 Å². The van der Waals surface area contributed by atoms with Gasteiger partial charge in [-0.25, -0.2) is 0 Å². The predicted octanol–water partition coefficient (Wildman–Crippen LogP) is 2.12. The minimum atomic E-state index is 0.550. The summed E-state index contributed by atoms with van der Waals surface area (Å²) in [6, 6.07) is 12.2. The fourth-order valence-electron chi connectivity index (χ4n) is 3.94. The topological polar surface area (TPSA) is 32.5 Å². The van der Waals surface area contributed by atoms with Gasteiger partial charge >= 0.3 is 0 Å². The van der Waals surface area contributed by atoms with Crippen LogP contribution in [-0.2, 0) is 6.42 Å². The van der Waals surface area contributed by atoms with Crippen LogP contribution in [0.2, 0.25) is 0 Å². The van der Waals surface area contributed by atoms with Gasteiger partial charge in [-0.05, 0) is 37.8 Å². The molecule has 3 heteroatoms. The molecule has 21 heavy (non-hydrogen) atoms. The van der Waals surface area contributed by atoms with Crippen LogP contribution >= 0.6 is 0 Å². The molecular formula is C18H29N3. The van der Waals surface area contributed by atoms with E-state index in [0.717, 1.165) is 19.0 Å². The minimum absolute atomic E-state index is 0.550. The van der Waals surface area contributed by atoms with E-state index in [0.29, 0.717) is 6.04 Å². The van der Waals surface area contributed by atoms with Gasteiger partial charge in [-0.1, -0.05) is 36.8 Å². The highest BCUT2D eigenvalue weighted by atomic mass is 15.3. The lowest BCUT2D eigenvalue weighted by Crippen LogP contribution is -2.58. The molecule has 0 amide bonds. The van der Waals surface area contributed by atoms with Crippen molar-refractivity contribution in [3.8, 4) is 0 Å². The van der Waals surface area contributed by atoms with Crippen LogP contribution in [0.4, 0.5) is 0 Å². The lowest BCUT2D eigenvalue weighted by atomic mass is 9.97. The van der Waals surface area contributed by atoms with E-state index in [9.17, 15) is 0 Å². The van der Waals surface area contributed by atoms with E-state index in [-0.39, 0.29) is 0 Å². The number of piperidine rings is 1. The average Bonchev–Trinajstić information content (AvgIpc) is 2.56. The maximum atomic E-state index is 6.08. The fourth-order valence-corrected chi connectivity index (χ4v) is 3.94. The summed E-state index contributed by atoms with van der Waals surface area (Å²) >= 11 is 0. The van der Waals surface area contributed by atoms with Crippen molar-refractivity contribution in [2.75, 3.05) is 32.7 Å². The van der Waals surface area contributed by atoms with Crippen molar-refractivity contribution >= 4 is 0 Å². The maximum absolute atomic E-state index is 6.08. The molecule has 0 radical (unpaired) electrons. The first-order chi connectivity index (χ1) is 10.4. The number of hydrogen-bond donors (Lipinski definition) is 1. The Balaban J connectivity index is 1.53. The summed E-state index contributed by atoms with van der Waals surface area (Å²) in [6.45, 7) is 5.78. The zero-order valence-corrected chi connectivity index (χ0v) is 13.1. The van der Waals surface area contributed by atoms with Crippen molar-refractivity contribution in [1.82, 2.24) is 9.80 Å². The molecule has 1 aromatic rings. The molecule has 0 aliphatic carbocycles. The Morgan fingerprint density at radius 1 is 1.10 bits per heavy atom. The van der Waals surface area contributed by atoms with Gasteiger partial charge in [-0.2, -0.15) is 0 Å². The van der Waals surface area contributed by atoms with Gasteiger partial charge in [-0.3, -0.25) is 9.80 Å². The Kier molecular flexibility index (Phi) is 5.28. The highest BCUT2D eigenvalue weighted by Crippen LogP contribution is 2.23. The van der Waals surface area contributed by atoms with Crippen molar-refractivity contribution in [1.29, 1.82) is 0 Å². The summed E-state index contributed by atoms with van der Waals surface area (Å²) in [5.74, 6) is 0. The highest BCUT2D eigenvalue weighted by Gasteiger charge is 2.31. The number of nitrogens with zero attached hydrogens (tertiary/aromatic N) is 2. The van der Waals surface area contributed by atoms with E-state index in [4.69, 9.17) is 5.73 Å². The summed E-state index contributed by atoms with van der Waals surface area (Å²) < 4.78 is 0. The molecule has 2 unspecified atom stereocenters. The molecule has 3 nitrogen and oxygen atoms in total. The number of hydrogen-bond acceptors (Lipinski definition) is 3. The van der Waals surface area contributed by atoms with Crippen molar-refractivity contribution in [3.05, 3.63) is 35.9 Å². The number of aryl methyl sites for hydroxylation is 1. The van der Waals surface area contributed by atoms with E-state index in [1.54, 1.807) is 0 Å². The van der Waals surface area contributed by atoms with Gasteiger partial charge in [0.05, 0.1) is 0 Å². The first kappa shape index (κ1) is 15.0. The van der Waals surface area contributed by atoms with E-state index >= 15 is 0 Å². The molecule has 2 heterocycles. The zero-order valence-electron chi connectivity index (χ0n) is 13.1. The Bertz CT molecular complexity index is 420. The molecule has 116 valence electrons. The van der Waals surface area contributed by atoms with Crippen LogP contribution in [0.25, 0.3) is 0 Å². The summed E-state index contributed by atoms with van der Waals surface area (Å²) in [5.41, 5.74) is 7.52. The Morgan fingerprint density at radius 3 is 2.76 bits per heavy atom. The smallest absolute Gasteiger partial charge is 0.0223 e. The second kappa shape index (κ2) is 7.39. The average molecular weight is 287 g/mol. The quantitative estimate of drug-likeness (QED) is 0.900. The van der Waals surface area contributed by atoms with Crippen LogP contribution in [0.1, 0.15) is 31.2 Å². The predicted molar refractivity (Wildman–Crippen MR) is 88.4 cm³/mol. The van der Waals surface area contributed by atoms with Crippen LogP contribution in [0, 0.1) is 0 Å². The number of nitrogens with two attached hydrogens (primary N) is 1. The normalized spacial score (nSPS) is 25.5. The zero-order chi connectivity index (χ0) is 14.5. The van der Waals surface area contributed by atoms with E-state index in [2.05, 4.69) is 40.1 Å². The summed E-state index contributed by atoms with van der Waals surface area (Å²) in [7, 11) is 0. The lowest BCUT2D eigenvalue weighted by Gasteiger charge is -2.46. The first-order valence-electron chi connectivity index (χ1n) is 8.59. The molecule has 0 aromatic heterocycles. The molecule has 0 saturated carbocycles. The number of fused-ring (bicyclic) bond motifs is 1. The van der Waals surface area contributed by atoms with Gasteiger partial charge in [0.1, 0.15) is 0 Å². The van der Waals surface area contributed by atoms with E-state index < -0.39 is 0 Å². The number of benzene rings is 1. The van der Waals surface area contributed by atoms with Gasteiger partial charge in [0.25, 0.3) is 0 Å². The van der Waals surface area contributed by atoms with Crippen LogP contribution in [0.5, 0.6) is 0 Å². The fraction of sp³-hybridized carbons (Fsp3) is 0.667. The van der Waals surface area contributed by atoms with Crippen molar-refractivity contribution in [3.63, 3.8) is 0 Å². The Morgan fingerprint density at radius 2 is 1.95 bits per heavy atom. The molecule has 3 rings (SSSR count). The first-order valence-corrected chi connectivity index (χ1v) is 8.59. The van der Waals surface area contributed by atoms with Crippen molar-refractivity contribution < 1.29 is 0 Å². The standard InChI is InChI=1S/C18H29N3/c19-14-17(10-9-16-6-2-1-3-7-16)21-13-12-20-11-5-4-8-18(20)15-21/h1-3,6-7,17-18H,4-5,8-15,19H2. The molecule has 2 aliphatic heterocycles. The molecule has 2 aliphatic rings. The molecule has 2 N–H and O–H groups in total. The third-order valence-corrected chi connectivity index (χ3v) is 5.27. The molecule has 2 atom stereocenters. The van der Waals surface area contributed by atoms with Crippen LogP contribution in [-0.4, -0.2) is 54.6 Å². The van der Waals surface area contributed by atoms with Crippen LogP contribution in [0.3, 0.4) is 0 Å². The van der Waals surface area contributed by atoms with Gasteiger partial charge in [0.2, 0.25) is 0 Å². The van der Waals surface area contributed by atoms with Gasteiger partial charge in [0, 0.05) is 38.3 Å². The third kappa shape index (κ3) is 3.85. The SMILES string of the molecule is NCC(CCc1ccccc1)N1CCN2CCCCC2C1. The number of piperazine rings is 1. The molecule has 1 aromatic carbocycles. The summed E-state index contributed by atoms with van der Waals surface area (Å²) in [6.07, 6.45) is 6.52. The summed E-state index contributed by atoms with van der Waals surface area (Å²) in [4.78, 5) is 5.36. The van der Waals surface area contributed by atoms with Crippen LogP contribution in [0.15, 0.2) is 30.3 Å². The monoisotopic (exact) mass is 287 g/mol. The lowest BCUT2D eigenvalue weighted by molar-refractivity contribution is 0.0273. The number of rotatable bonds is 5. The van der Waals surface area contributed by atoms with Crippen molar-refractivity contribution in [2.45, 2.75) is 44.2 Å². The second-order valence-corrected chi connectivity index (χ2v) is 6.59. The highest BCUT2D eigenvalue weighted by molar-refractivity contribution is 5.14. The molecule has 0 spiro atoms. The van der Waals surface area contributed by atoms with Gasteiger partial charge in [-0.15, -0.1) is 0 Å². The largest absolute Gasteiger partial charge is 0.329 e. The third-order valence-electron chi connectivity index (χ3n) is 5.27. The Labute approximate surface area is 129 Å². The van der Waals surface area contributed by atoms with Gasteiger partial charge < -0.3 is 5.73 Å². The summed E-state index contributed by atoms with van der Waals surface area (Å²) in [5, 5.41) is 0.